The molecule has 1 amide bonds. The Balaban J connectivity index is 1.82. The second-order valence-corrected chi connectivity index (χ2v) is 5.71. The van der Waals surface area contributed by atoms with Crippen LogP contribution >= 0.6 is 0 Å². The Morgan fingerprint density at radius 2 is 2.13 bits per heavy atom. The molecule has 0 saturated heterocycles. The molecule has 23 heavy (non-hydrogen) atoms. The van der Waals surface area contributed by atoms with Crippen molar-refractivity contribution in [3.63, 3.8) is 0 Å². The molecule has 1 atom stereocenters. The fraction of sp³-hybridized carbons (Fsp3) is 0.412. The second-order valence-electron chi connectivity index (χ2n) is 5.71. The molecule has 6 nitrogen and oxygen atoms in total. The van der Waals surface area contributed by atoms with E-state index in [9.17, 15) is 4.79 Å². The van der Waals surface area contributed by atoms with Crippen molar-refractivity contribution in [3.8, 4) is 0 Å². The van der Waals surface area contributed by atoms with Crippen LogP contribution in [0.2, 0.25) is 0 Å². The van der Waals surface area contributed by atoms with E-state index >= 15 is 0 Å². The van der Waals surface area contributed by atoms with E-state index in [1.807, 2.05) is 25.2 Å². The molecule has 1 heterocycles. The van der Waals surface area contributed by atoms with Gasteiger partial charge in [-0.1, -0.05) is 35.5 Å². The van der Waals surface area contributed by atoms with E-state index in [0.717, 1.165) is 13.0 Å². The quantitative estimate of drug-likeness (QED) is 0.770. The number of aliphatic hydroxyl groups is 1. The fourth-order valence-electron chi connectivity index (χ4n) is 2.15. The zero-order valence-electron chi connectivity index (χ0n) is 13.5. The van der Waals surface area contributed by atoms with Crippen molar-refractivity contribution in [1.82, 2.24) is 15.4 Å². The Labute approximate surface area is 136 Å². The maximum atomic E-state index is 11.9. The first-order valence-corrected chi connectivity index (χ1v) is 7.68. The van der Waals surface area contributed by atoms with Gasteiger partial charge in [0, 0.05) is 18.7 Å². The minimum atomic E-state index is -0.339. The van der Waals surface area contributed by atoms with Gasteiger partial charge in [-0.15, -0.1) is 0 Å². The number of hydrogen-bond acceptors (Lipinski definition) is 5. The van der Waals surface area contributed by atoms with Crippen molar-refractivity contribution in [3.05, 3.63) is 53.4 Å². The predicted octanol–water partition coefficient (Wildman–Crippen LogP) is 1.46. The summed E-state index contributed by atoms with van der Waals surface area (Å²) in [6.45, 7) is 3.07. The summed E-state index contributed by atoms with van der Waals surface area (Å²) in [5.41, 5.74) is 1.52. The van der Waals surface area contributed by atoms with Crippen molar-refractivity contribution in [2.24, 2.45) is 0 Å². The molecule has 2 N–H and O–H groups in total. The van der Waals surface area contributed by atoms with Crippen LogP contribution in [0.5, 0.6) is 0 Å². The predicted molar refractivity (Wildman–Crippen MR) is 87.0 cm³/mol. The Morgan fingerprint density at radius 1 is 1.39 bits per heavy atom. The largest absolute Gasteiger partial charge is 0.394 e. The molecule has 0 aliphatic rings. The molecule has 0 bridgehead atoms. The first-order valence-electron chi connectivity index (χ1n) is 7.68. The molecule has 0 saturated carbocycles. The van der Waals surface area contributed by atoms with Crippen LogP contribution in [-0.2, 0) is 13.0 Å². The number of carbonyl (C=O) groups is 1. The topological polar surface area (TPSA) is 78.6 Å². The number of aliphatic hydroxyl groups excluding tert-OH is 1. The molecule has 1 aromatic heterocycles. The minimum Gasteiger partial charge on any atom is -0.394 e. The smallest absolute Gasteiger partial charge is 0.273 e. The average molecular weight is 317 g/mol. The SMILES string of the molecule is CC(CO)NC(=O)c1cc(CN(C)CCc2ccccc2)on1. The van der Waals surface area contributed by atoms with Crippen molar-refractivity contribution < 1.29 is 14.4 Å². The van der Waals surface area contributed by atoms with Gasteiger partial charge in [-0.3, -0.25) is 9.69 Å². The molecular weight excluding hydrogens is 294 g/mol. The van der Waals surface area contributed by atoms with Gasteiger partial charge in [-0.25, -0.2) is 0 Å². The third-order valence-corrected chi connectivity index (χ3v) is 3.49. The van der Waals surface area contributed by atoms with Crippen LogP contribution in [0.15, 0.2) is 40.9 Å². The van der Waals surface area contributed by atoms with Crippen LogP contribution in [0, 0.1) is 0 Å². The number of rotatable bonds is 8. The van der Waals surface area contributed by atoms with Gasteiger partial charge in [0.05, 0.1) is 13.2 Å². The lowest BCUT2D eigenvalue weighted by atomic mass is 10.1. The maximum Gasteiger partial charge on any atom is 0.273 e. The highest BCUT2D eigenvalue weighted by molar-refractivity contribution is 5.92. The Kier molecular flexibility index (Phi) is 6.31. The normalized spacial score (nSPS) is 12.3. The zero-order chi connectivity index (χ0) is 16.7. The van der Waals surface area contributed by atoms with Crippen LogP contribution in [0.3, 0.4) is 0 Å². The van der Waals surface area contributed by atoms with E-state index in [4.69, 9.17) is 9.63 Å². The lowest BCUT2D eigenvalue weighted by Gasteiger charge is -2.14. The number of benzene rings is 1. The molecule has 2 rings (SSSR count). The Hall–Kier alpha value is -2.18. The molecular formula is C17H23N3O3. The molecule has 1 aromatic carbocycles. The van der Waals surface area contributed by atoms with Gasteiger partial charge in [0.25, 0.3) is 5.91 Å². The summed E-state index contributed by atoms with van der Waals surface area (Å²) in [4.78, 5) is 14.0. The average Bonchev–Trinajstić information content (AvgIpc) is 3.02. The van der Waals surface area contributed by atoms with Crippen LogP contribution in [0.4, 0.5) is 0 Å². The van der Waals surface area contributed by atoms with Gasteiger partial charge in [-0.05, 0) is 26.0 Å². The number of nitrogens with one attached hydrogen (secondary N) is 1. The number of nitrogens with zero attached hydrogens (tertiary/aromatic N) is 2. The fourth-order valence-corrected chi connectivity index (χ4v) is 2.15. The highest BCUT2D eigenvalue weighted by Gasteiger charge is 2.15. The van der Waals surface area contributed by atoms with E-state index in [1.165, 1.54) is 5.56 Å². The number of aromatic nitrogens is 1. The van der Waals surface area contributed by atoms with Gasteiger partial charge < -0.3 is 14.9 Å². The van der Waals surface area contributed by atoms with Gasteiger partial charge in [0.1, 0.15) is 0 Å². The number of hydrogen-bond donors (Lipinski definition) is 2. The summed E-state index contributed by atoms with van der Waals surface area (Å²) < 4.78 is 5.21. The molecule has 2 aromatic rings. The lowest BCUT2D eigenvalue weighted by Crippen LogP contribution is -2.35. The van der Waals surface area contributed by atoms with Crippen molar-refractivity contribution in [2.75, 3.05) is 20.2 Å². The molecule has 124 valence electrons. The highest BCUT2D eigenvalue weighted by Crippen LogP contribution is 2.08. The third-order valence-electron chi connectivity index (χ3n) is 3.49. The molecule has 0 radical (unpaired) electrons. The van der Waals surface area contributed by atoms with Crippen molar-refractivity contribution in [2.45, 2.75) is 25.9 Å². The maximum absolute atomic E-state index is 11.9. The first kappa shape index (κ1) is 17.2. The first-order chi connectivity index (χ1) is 11.1. The van der Waals surface area contributed by atoms with Gasteiger partial charge in [-0.2, -0.15) is 0 Å². The summed E-state index contributed by atoms with van der Waals surface area (Å²) in [7, 11) is 2.00. The Morgan fingerprint density at radius 3 is 2.83 bits per heavy atom. The minimum absolute atomic E-state index is 0.112. The molecule has 1 unspecified atom stereocenters. The molecule has 0 aliphatic heterocycles. The van der Waals surface area contributed by atoms with Crippen LogP contribution in [0.25, 0.3) is 0 Å². The number of likely N-dealkylation sites (N-methyl/N-ethyl adjacent to an activating group) is 1. The lowest BCUT2D eigenvalue weighted by molar-refractivity contribution is 0.0913. The van der Waals surface area contributed by atoms with E-state index in [2.05, 4.69) is 27.5 Å². The van der Waals surface area contributed by atoms with E-state index < -0.39 is 0 Å². The van der Waals surface area contributed by atoms with Crippen LogP contribution in [-0.4, -0.2) is 47.3 Å². The molecule has 0 spiro atoms. The summed E-state index contributed by atoms with van der Waals surface area (Å²) in [6, 6.07) is 11.6. The molecule has 0 fully saturated rings. The van der Waals surface area contributed by atoms with E-state index in [1.54, 1.807) is 13.0 Å². The van der Waals surface area contributed by atoms with Gasteiger partial charge >= 0.3 is 0 Å². The van der Waals surface area contributed by atoms with E-state index in [0.29, 0.717) is 12.3 Å². The van der Waals surface area contributed by atoms with Crippen LogP contribution in [0.1, 0.15) is 28.7 Å². The zero-order valence-corrected chi connectivity index (χ0v) is 13.5. The summed E-state index contributed by atoms with van der Waals surface area (Å²) >= 11 is 0. The molecule has 0 aliphatic carbocycles. The van der Waals surface area contributed by atoms with Crippen molar-refractivity contribution in [1.29, 1.82) is 0 Å². The van der Waals surface area contributed by atoms with Crippen LogP contribution < -0.4 is 5.32 Å². The van der Waals surface area contributed by atoms with Gasteiger partial charge in [0.15, 0.2) is 11.5 Å². The summed E-state index contributed by atoms with van der Waals surface area (Å²) in [6.07, 6.45) is 0.951. The van der Waals surface area contributed by atoms with Gasteiger partial charge in [0.2, 0.25) is 0 Å². The summed E-state index contributed by atoms with van der Waals surface area (Å²) in [5, 5.41) is 15.4. The standard InChI is InChI=1S/C17H23N3O3/c1-13(12-21)18-17(22)16-10-15(23-19-16)11-20(2)9-8-14-6-4-3-5-7-14/h3-7,10,13,21H,8-9,11-12H2,1-2H3,(H,18,22). The summed E-state index contributed by atoms with van der Waals surface area (Å²) in [5.74, 6) is 0.302. The Bertz CT molecular complexity index is 613. The number of carbonyl (C=O) groups excluding carboxylic acids is 1. The number of amides is 1. The highest BCUT2D eigenvalue weighted by atomic mass is 16.5. The molecule has 6 heteroatoms. The van der Waals surface area contributed by atoms with E-state index in [-0.39, 0.29) is 24.2 Å². The monoisotopic (exact) mass is 317 g/mol. The second kappa shape index (κ2) is 8.45. The third kappa shape index (κ3) is 5.50. The van der Waals surface area contributed by atoms with Crippen molar-refractivity contribution >= 4 is 5.91 Å².